The van der Waals surface area contributed by atoms with E-state index >= 15 is 4.39 Å². The Morgan fingerprint density at radius 1 is 1.20 bits per heavy atom. The van der Waals surface area contributed by atoms with Crippen LogP contribution in [0.3, 0.4) is 0 Å². The number of likely N-dealkylation sites (N-methyl/N-ethyl adjacent to an activating group) is 2. The number of Topliss-reactive ketones (excluding diaryl/α,β-unsaturated/α-hetero) is 1. The van der Waals surface area contributed by atoms with Crippen LogP contribution in [0.4, 0.5) is 4.39 Å². The van der Waals surface area contributed by atoms with Gasteiger partial charge in [0.05, 0.1) is 24.0 Å². The van der Waals surface area contributed by atoms with Gasteiger partial charge in [-0.2, -0.15) is 11.8 Å². The standard InChI is InChI=1S/C34H49FN2O6S/c1-31-14-13-22(38)15-21(31)11-12-23-24-16-28-34(32(24,2)17-26(39)33(23,31)35,43-30(42-28)20-9-7-6-8-10-20)27(40)19-44-18-25(37(4)5)29(41)36-3/h13-15,20,23-26,28,30,39H,6-12,16-19H2,1-5H3,(H,36,41)/t23-,24-,25?,26-,28+,30+,31-,32-,33-,34+/m0/s1/i4+2,5+2. The number of nitrogens with one attached hydrogen (secondary N) is 1. The fourth-order valence-electron chi connectivity index (χ4n) is 10.1. The summed E-state index contributed by atoms with van der Waals surface area (Å²) in [6.45, 7) is 3.84. The van der Waals surface area contributed by atoms with Crippen molar-refractivity contribution in [3.63, 3.8) is 0 Å². The maximum absolute atomic E-state index is 17.7. The topological polar surface area (TPSA) is 105 Å². The smallest absolute Gasteiger partial charge is 0.237 e. The normalized spacial score (nSPS) is 44.0. The highest BCUT2D eigenvalue weighted by atomic mass is 32.2. The van der Waals surface area contributed by atoms with Gasteiger partial charge in [0.25, 0.3) is 0 Å². The molecule has 0 spiro atoms. The van der Waals surface area contributed by atoms with Crippen molar-refractivity contribution in [2.75, 3.05) is 32.6 Å². The fraction of sp³-hybridized carbons (Fsp3) is 0.794. The van der Waals surface area contributed by atoms with Crippen molar-refractivity contribution in [3.8, 4) is 0 Å². The van der Waals surface area contributed by atoms with E-state index < -0.39 is 52.6 Å². The number of carbonyl (C=O) groups excluding carboxylic acids is 3. The first-order valence-corrected chi connectivity index (χ1v) is 17.6. The number of hydrogen-bond donors (Lipinski definition) is 2. The Morgan fingerprint density at radius 3 is 2.61 bits per heavy atom. The maximum atomic E-state index is 17.7. The van der Waals surface area contributed by atoms with Crippen LogP contribution in [0.1, 0.15) is 71.6 Å². The molecule has 0 aromatic rings. The van der Waals surface area contributed by atoms with Crippen LogP contribution in [0.5, 0.6) is 0 Å². The van der Waals surface area contributed by atoms with Gasteiger partial charge in [-0.15, -0.1) is 0 Å². The van der Waals surface area contributed by atoms with Crippen molar-refractivity contribution in [1.29, 1.82) is 0 Å². The largest absolute Gasteiger partial charge is 0.390 e. The summed E-state index contributed by atoms with van der Waals surface area (Å²) in [6, 6.07) is -0.391. The van der Waals surface area contributed by atoms with Crippen molar-refractivity contribution in [1.82, 2.24) is 10.2 Å². The van der Waals surface area contributed by atoms with Crippen LogP contribution >= 0.6 is 11.8 Å². The van der Waals surface area contributed by atoms with Crippen LogP contribution in [0.15, 0.2) is 23.8 Å². The van der Waals surface area contributed by atoms with Gasteiger partial charge in [-0.3, -0.25) is 19.3 Å². The van der Waals surface area contributed by atoms with Gasteiger partial charge < -0.3 is 19.9 Å². The summed E-state index contributed by atoms with van der Waals surface area (Å²) in [5.41, 5.74) is -4.48. The zero-order valence-electron chi connectivity index (χ0n) is 26.8. The molecule has 0 aromatic carbocycles. The van der Waals surface area contributed by atoms with Crippen molar-refractivity contribution in [2.24, 2.45) is 28.6 Å². The molecular formula is C34H49FN2O6S. The Bertz CT molecular complexity index is 1250. The number of nitrogens with zero attached hydrogens (tertiary/aromatic N) is 1. The molecule has 10 atom stereocenters. The van der Waals surface area contributed by atoms with E-state index in [1.165, 1.54) is 24.3 Å². The number of hydrogen-bond acceptors (Lipinski definition) is 8. The predicted molar refractivity (Wildman–Crippen MR) is 167 cm³/mol. The molecule has 1 aliphatic heterocycles. The molecule has 1 heterocycles. The number of alkyl halides is 1. The molecule has 2 N–H and O–H groups in total. The molecule has 5 aliphatic carbocycles. The molecule has 4 saturated carbocycles. The summed E-state index contributed by atoms with van der Waals surface area (Å²) in [4.78, 5) is 41.2. The molecule has 1 saturated heterocycles. The lowest BCUT2D eigenvalue weighted by molar-refractivity contribution is -0.234. The molecule has 0 radical (unpaired) electrons. The quantitative estimate of drug-likeness (QED) is 0.412. The second kappa shape index (κ2) is 11.6. The predicted octanol–water partition coefficient (Wildman–Crippen LogP) is 4.01. The molecule has 44 heavy (non-hydrogen) atoms. The summed E-state index contributed by atoms with van der Waals surface area (Å²) in [5, 5.41) is 14.6. The molecule has 244 valence electrons. The van der Waals surface area contributed by atoms with Crippen LogP contribution in [0.2, 0.25) is 0 Å². The van der Waals surface area contributed by atoms with Gasteiger partial charge in [0.1, 0.15) is 0 Å². The molecule has 8 nitrogen and oxygen atoms in total. The number of halogens is 1. The first-order valence-electron chi connectivity index (χ1n) is 16.5. The minimum absolute atomic E-state index is 0.0710. The molecule has 10 heteroatoms. The summed E-state index contributed by atoms with van der Waals surface area (Å²) < 4.78 is 31.4. The number of aliphatic hydroxyl groups is 1. The van der Waals surface area contributed by atoms with Gasteiger partial charge in [0.2, 0.25) is 5.91 Å². The molecule has 1 amide bonds. The lowest BCUT2D eigenvalue weighted by Gasteiger charge is -2.62. The van der Waals surface area contributed by atoms with Crippen molar-refractivity contribution < 1.29 is 33.4 Å². The van der Waals surface area contributed by atoms with Crippen molar-refractivity contribution >= 4 is 29.2 Å². The first kappa shape index (κ1) is 32.4. The monoisotopic (exact) mass is 636 g/mol. The molecule has 1 unspecified atom stereocenters. The molecule has 0 aromatic heterocycles. The number of carbonyl (C=O) groups is 3. The minimum Gasteiger partial charge on any atom is -0.390 e. The molecular weight excluding hydrogens is 587 g/mol. The summed E-state index contributed by atoms with van der Waals surface area (Å²) in [6.07, 6.45) is 9.29. The third-order valence-corrected chi connectivity index (χ3v) is 13.5. The number of amides is 1. The van der Waals surface area contributed by atoms with E-state index in [2.05, 4.69) is 5.32 Å². The number of ether oxygens (including phenoxy) is 2. The Morgan fingerprint density at radius 2 is 1.93 bits per heavy atom. The zero-order valence-corrected chi connectivity index (χ0v) is 27.6. The van der Waals surface area contributed by atoms with Crippen LogP contribution in [0.25, 0.3) is 0 Å². The average Bonchev–Trinajstić information content (AvgIpc) is 3.50. The fourth-order valence-corrected chi connectivity index (χ4v) is 11.3. The molecule has 5 fully saturated rings. The Balaban J connectivity index is 1.33. The third-order valence-electron chi connectivity index (χ3n) is 12.5. The number of ketones is 2. The van der Waals surface area contributed by atoms with Gasteiger partial charge in [0.15, 0.2) is 29.1 Å². The minimum atomic E-state index is -1.98. The Hall–Kier alpha value is -1.59. The van der Waals surface area contributed by atoms with Gasteiger partial charge in [0, 0.05) is 35.5 Å². The number of aliphatic hydroxyl groups excluding tert-OH is 1. The van der Waals surface area contributed by atoms with E-state index in [0.29, 0.717) is 25.0 Å². The lowest BCUT2D eigenvalue weighted by Crippen LogP contribution is -2.69. The highest BCUT2D eigenvalue weighted by Crippen LogP contribution is 2.72. The highest BCUT2D eigenvalue weighted by molar-refractivity contribution is 8.00. The lowest BCUT2D eigenvalue weighted by atomic mass is 9.44. The van der Waals surface area contributed by atoms with Gasteiger partial charge in [-0.25, -0.2) is 4.39 Å². The van der Waals surface area contributed by atoms with Crippen molar-refractivity contribution in [3.05, 3.63) is 23.8 Å². The third kappa shape index (κ3) is 4.55. The van der Waals surface area contributed by atoms with Gasteiger partial charge in [-0.1, -0.05) is 37.8 Å². The number of thioether (sulfide) groups is 1. The highest BCUT2D eigenvalue weighted by Gasteiger charge is 2.79. The number of rotatable bonds is 8. The first-order chi connectivity index (χ1) is 20.8. The van der Waals surface area contributed by atoms with Crippen LogP contribution < -0.4 is 5.32 Å². The van der Waals surface area contributed by atoms with E-state index in [0.717, 1.165) is 31.3 Å². The summed E-state index contributed by atoms with van der Waals surface area (Å²) in [5.74, 6) is -0.325. The van der Waals surface area contributed by atoms with E-state index in [-0.39, 0.29) is 41.5 Å². The van der Waals surface area contributed by atoms with E-state index in [4.69, 9.17) is 9.47 Å². The molecule has 6 aliphatic rings. The van der Waals surface area contributed by atoms with E-state index in [1.807, 2.05) is 32.8 Å². The zero-order chi connectivity index (χ0) is 31.7. The maximum Gasteiger partial charge on any atom is 0.237 e. The second-order valence-electron chi connectivity index (χ2n) is 14.8. The van der Waals surface area contributed by atoms with Crippen LogP contribution in [0, 0.1) is 28.6 Å². The molecule has 0 bridgehead atoms. The van der Waals surface area contributed by atoms with E-state index in [1.54, 1.807) is 19.2 Å². The summed E-state index contributed by atoms with van der Waals surface area (Å²) in [7, 11) is 5.30. The van der Waals surface area contributed by atoms with Crippen molar-refractivity contribution in [2.45, 2.75) is 107 Å². The SMILES string of the molecule is CNC(=O)C(CSCC(=O)[C@@]12O[C@H](C3CCCCC3)O[C@@H]1C[C@H]1[C@@H]3CCC4=CC(=O)C=C[C@]4(C)[C@@]3(F)[C@@H](O)C[C@@]12C)N([14CH3])[14CH3]. The van der Waals surface area contributed by atoms with Crippen LogP contribution in [-0.2, 0) is 23.9 Å². The number of allylic oxidation sites excluding steroid dienone is 4. The molecule has 6 rings (SSSR count). The Kier molecular flexibility index (Phi) is 8.52. The van der Waals surface area contributed by atoms with Crippen LogP contribution in [-0.4, -0.2) is 95.9 Å². The number of fused-ring (bicyclic) bond motifs is 7. The van der Waals surface area contributed by atoms with Gasteiger partial charge in [-0.05, 0) is 77.6 Å². The van der Waals surface area contributed by atoms with Gasteiger partial charge >= 0.3 is 0 Å². The summed E-state index contributed by atoms with van der Waals surface area (Å²) >= 11 is 1.41. The Labute approximate surface area is 264 Å². The second-order valence-corrected chi connectivity index (χ2v) is 15.8. The van der Waals surface area contributed by atoms with E-state index in [9.17, 15) is 19.5 Å². The average molecular weight is 637 g/mol.